The average molecular weight is 467 g/mol. The Morgan fingerprint density at radius 1 is 0.846 bits per heavy atom. The van der Waals surface area contributed by atoms with Crippen LogP contribution in [-0.4, -0.2) is 18.2 Å². The van der Waals surface area contributed by atoms with Crippen LogP contribution in [0.15, 0.2) is 48.5 Å². The number of hydrogen-bond donors (Lipinski definition) is 0. The maximum atomic E-state index is 11.7. The predicted molar refractivity (Wildman–Crippen MR) is 100 cm³/mol. The molecule has 26 heavy (non-hydrogen) atoms. The summed E-state index contributed by atoms with van der Waals surface area (Å²) >= 11 is -0.222. The Hall–Kier alpha value is -1.56. The van der Waals surface area contributed by atoms with Gasteiger partial charge in [-0.1, -0.05) is 32.9 Å². The first-order valence-electron chi connectivity index (χ1n) is 8.73. The predicted octanol–water partition coefficient (Wildman–Crippen LogP) is 1.83. The number of benzene rings is 2. The van der Waals surface area contributed by atoms with Gasteiger partial charge < -0.3 is 9.47 Å². The van der Waals surface area contributed by atoms with Gasteiger partial charge in [0.05, 0.1) is 0 Å². The molecule has 3 nitrogen and oxygen atoms in total. The molecule has 0 aliphatic carbocycles. The highest BCUT2D eigenvalue weighted by Gasteiger charge is 2.19. The van der Waals surface area contributed by atoms with Crippen molar-refractivity contribution >= 4 is 5.97 Å². The first-order chi connectivity index (χ1) is 12.0. The molecule has 0 bridgehead atoms. The van der Waals surface area contributed by atoms with Crippen LogP contribution in [0.2, 0.25) is 0 Å². The van der Waals surface area contributed by atoms with E-state index in [2.05, 4.69) is 57.2 Å². The molecule has 0 amide bonds. The van der Waals surface area contributed by atoms with E-state index in [0.29, 0.717) is 5.75 Å². The van der Waals surface area contributed by atoms with E-state index >= 15 is 0 Å². The number of esters is 1. The van der Waals surface area contributed by atoms with Gasteiger partial charge in [0.25, 0.3) is 0 Å². The van der Waals surface area contributed by atoms with Gasteiger partial charge in [-0.2, -0.15) is 0 Å². The Kier molecular flexibility index (Phi) is 6.72. The SMILES string of the molecule is CC(C)(C)OC(=O)COc1ccc([I+]c2ccc(C(C)(C)C)cc2)cc1. The third kappa shape index (κ3) is 6.98. The van der Waals surface area contributed by atoms with Crippen LogP contribution in [0.3, 0.4) is 0 Å². The highest BCUT2D eigenvalue weighted by molar-refractivity contribution is 5.71. The Balaban J connectivity index is 1.90. The molecule has 0 saturated carbocycles. The van der Waals surface area contributed by atoms with E-state index in [4.69, 9.17) is 9.47 Å². The fraction of sp³-hybridized carbons (Fsp3) is 0.409. The fourth-order valence-electron chi connectivity index (χ4n) is 2.25. The molecule has 2 aromatic carbocycles. The molecule has 0 heterocycles. The second-order valence-corrected chi connectivity index (χ2v) is 11.2. The topological polar surface area (TPSA) is 35.5 Å². The van der Waals surface area contributed by atoms with Gasteiger partial charge in [0.1, 0.15) is 11.4 Å². The molecule has 140 valence electrons. The maximum absolute atomic E-state index is 11.7. The van der Waals surface area contributed by atoms with Crippen molar-refractivity contribution in [1.29, 1.82) is 0 Å². The summed E-state index contributed by atoms with van der Waals surface area (Å²) < 4.78 is 13.5. The number of rotatable bonds is 5. The molecule has 0 saturated heterocycles. The van der Waals surface area contributed by atoms with Crippen LogP contribution in [0.1, 0.15) is 47.1 Å². The molecule has 0 unspecified atom stereocenters. The second kappa shape index (κ2) is 8.42. The lowest BCUT2D eigenvalue weighted by atomic mass is 9.87. The van der Waals surface area contributed by atoms with Gasteiger partial charge in [-0.05, 0) is 68.1 Å². The van der Waals surface area contributed by atoms with E-state index in [1.807, 2.05) is 32.9 Å². The van der Waals surface area contributed by atoms with Gasteiger partial charge in [0.15, 0.2) is 13.7 Å². The monoisotopic (exact) mass is 467 g/mol. The summed E-state index contributed by atoms with van der Waals surface area (Å²) in [5.41, 5.74) is 1.05. The Labute approximate surface area is 167 Å². The Bertz CT molecular complexity index is 720. The van der Waals surface area contributed by atoms with Crippen molar-refractivity contribution in [2.24, 2.45) is 0 Å². The summed E-state index contributed by atoms with van der Waals surface area (Å²) in [6, 6.07) is 16.9. The van der Waals surface area contributed by atoms with Crippen molar-refractivity contribution in [3.63, 3.8) is 0 Å². The zero-order chi connectivity index (χ0) is 19.4. The molecule has 0 fully saturated rings. The van der Waals surface area contributed by atoms with Crippen LogP contribution in [0, 0.1) is 7.14 Å². The van der Waals surface area contributed by atoms with E-state index in [1.165, 1.54) is 12.7 Å². The highest BCUT2D eigenvalue weighted by Crippen LogP contribution is 2.20. The first-order valence-corrected chi connectivity index (χ1v) is 10.9. The van der Waals surface area contributed by atoms with Gasteiger partial charge in [0.2, 0.25) is 0 Å². The summed E-state index contributed by atoms with van der Waals surface area (Å²) in [6.45, 7) is 12.2. The quantitative estimate of drug-likeness (QED) is 0.498. The maximum Gasteiger partial charge on any atom is 0.357 e. The van der Waals surface area contributed by atoms with Crippen molar-refractivity contribution in [3.8, 4) is 5.75 Å². The molecule has 0 aliphatic heterocycles. The minimum Gasteiger partial charge on any atom is -0.482 e. The van der Waals surface area contributed by atoms with Gasteiger partial charge in [-0.15, -0.1) is 0 Å². The number of carbonyl (C=O) groups is 1. The largest absolute Gasteiger partial charge is 0.482 e. The van der Waals surface area contributed by atoms with Crippen molar-refractivity contribution in [2.75, 3.05) is 6.61 Å². The summed E-state index contributed by atoms with van der Waals surface area (Å²) in [6.07, 6.45) is 0. The van der Waals surface area contributed by atoms with Crippen molar-refractivity contribution in [2.45, 2.75) is 52.6 Å². The third-order valence-electron chi connectivity index (χ3n) is 3.52. The minimum absolute atomic E-state index is 0.0695. The minimum atomic E-state index is -0.489. The van der Waals surface area contributed by atoms with Crippen LogP contribution in [0.5, 0.6) is 5.75 Å². The van der Waals surface area contributed by atoms with Crippen molar-refractivity contribution in [3.05, 3.63) is 61.2 Å². The second-order valence-electron chi connectivity index (χ2n) is 8.18. The third-order valence-corrected chi connectivity index (χ3v) is 6.20. The van der Waals surface area contributed by atoms with E-state index in [-0.39, 0.29) is 39.2 Å². The zero-order valence-electron chi connectivity index (χ0n) is 16.4. The van der Waals surface area contributed by atoms with E-state index < -0.39 is 5.60 Å². The number of carbonyl (C=O) groups excluding carboxylic acids is 1. The Morgan fingerprint density at radius 2 is 1.35 bits per heavy atom. The number of hydrogen-bond acceptors (Lipinski definition) is 3. The lowest BCUT2D eigenvalue weighted by molar-refractivity contribution is -0.597. The standard InChI is InChI=1S/C22H28IO3/c1-21(2,3)16-7-9-17(10-8-16)23-18-11-13-19(14-12-18)25-15-20(24)26-22(4,5)6/h7-14H,15H2,1-6H3/q+1. The molecule has 2 rings (SSSR count). The molecular formula is C22H28IO3+. The van der Waals surface area contributed by atoms with E-state index in [0.717, 1.165) is 0 Å². The summed E-state index contributed by atoms with van der Waals surface area (Å²) in [4.78, 5) is 11.7. The van der Waals surface area contributed by atoms with Crippen LogP contribution in [-0.2, 0) is 14.9 Å². The molecule has 0 radical (unpaired) electrons. The van der Waals surface area contributed by atoms with Crippen LogP contribution in [0.25, 0.3) is 0 Å². The van der Waals surface area contributed by atoms with Crippen LogP contribution in [0.4, 0.5) is 0 Å². The van der Waals surface area contributed by atoms with Crippen LogP contribution < -0.4 is 25.9 Å². The lowest BCUT2D eigenvalue weighted by Gasteiger charge is -2.19. The fourth-order valence-corrected chi connectivity index (χ4v) is 4.40. The molecule has 2 aromatic rings. The van der Waals surface area contributed by atoms with E-state index in [1.54, 1.807) is 0 Å². The highest BCUT2D eigenvalue weighted by atomic mass is 127. The Morgan fingerprint density at radius 3 is 1.81 bits per heavy atom. The normalized spacial score (nSPS) is 11.9. The van der Waals surface area contributed by atoms with Gasteiger partial charge in [-0.25, -0.2) is 4.79 Å². The summed E-state index contributed by atoms with van der Waals surface area (Å²) in [5, 5.41) is 0. The summed E-state index contributed by atoms with van der Waals surface area (Å²) in [5.74, 6) is 0.333. The molecule has 0 aliphatic rings. The smallest absolute Gasteiger partial charge is 0.357 e. The zero-order valence-corrected chi connectivity index (χ0v) is 18.6. The molecular weight excluding hydrogens is 439 g/mol. The van der Waals surface area contributed by atoms with E-state index in [9.17, 15) is 4.79 Å². The molecule has 0 aromatic heterocycles. The molecule has 0 atom stereocenters. The number of halogens is 1. The van der Waals surface area contributed by atoms with Gasteiger partial charge in [0, 0.05) is 0 Å². The average Bonchev–Trinajstić information content (AvgIpc) is 2.52. The lowest BCUT2D eigenvalue weighted by Crippen LogP contribution is -3.61. The molecule has 0 N–H and O–H groups in total. The first kappa shape index (κ1) is 20.7. The van der Waals surface area contributed by atoms with Gasteiger partial charge >= 0.3 is 27.2 Å². The molecule has 0 spiro atoms. The van der Waals surface area contributed by atoms with Gasteiger partial charge in [-0.3, -0.25) is 0 Å². The molecule has 4 heteroatoms. The summed E-state index contributed by atoms with van der Waals surface area (Å²) in [7, 11) is 0. The number of ether oxygens (including phenoxy) is 2. The van der Waals surface area contributed by atoms with Crippen LogP contribution >= 0.6 is 0 Å². The van der Waals surface area contributed by atoms with Crippen molar-refractivity contribution in [1.82, 2.24) is 0 Å². The van der Waals surface area contributed by atoms with Crippen molar-refractivity contribution < 1.29 is 35.5 Å².